The third kappa shape index (κ3) is 2.24. The molecule has 3 N–H and O–H groups in total. The van der Waals surface area contributed by atoms with Crippen LogP contribution in [-0.2, 0) is 9.53 Å². The first kappa shape index (κ1) is 12.6. The van der Waals surface area contributed by atoms with Gasteiger partial charge < -0.3 is 20.7 Å². The highest BCUT2D eigenvalue weighted by Crippen LogP contribution is 2.29. The van der Waals surface area contributed by atoms with Crippen LogP contribution in [0.2, 0.25) is 0 Å². The Morgan fingerprint density at radius 2 is 2.39 bits per heavy atom. The van der Waals surface area contributed by atoms with Crippen molar-refractivity contribution in [3.8, 4) is 0 Å². The van der Waals surface area contributed by atoms with Gasteiger partial charge >= 0.3 is 0 Å². The molecule has 1 atom stereocenters. The molecule has 0 radical (unpaired) electrons. The predicted molar refractivity (Wildman–Crippen MR) is 66.8 cm³/mol. The summed E-state index contributed by atoms with van der Waals surface area (Å²) in [6.07, 6.45) is 0. The van der Waals surface area contributed by atoms with E-state index < -0.39 is 11.9 Å². The largest absolute Gasteiger partial charge is 0.397 e. The average molecular weight is 253 g/mol. The Morgan fingerprint density at radius 1 is 1.61 bits per heavy atom. The van der Waals surface area contributed by atoms with Crippen molar-refractivity contribution in [2.45, 2.75) is 6.04 Å². The molecule has 1 unspecified atom stereocenters. The fraction of sp³-hybridized carbons (Fsp3) is 0.417. The standard InChI is InChI=1S/C12H16FN3O2/c1-15-12(17)10-7-18-6-5-16(10)11-8(13)3-2-4-9(11)14/h2-4,10H,5-7,14H2,1H3,(H,15,17). The summed E-state index contributed by atoms with van der Waals surface area (Å²) in [5.41, 5.74) is 6.40. The van der Waals surface area contributed by atoms with E-state index in [1.54, 1.807) is 24.1 Å². The maximum absolute atomic E-state index is 13.9. The lowest BCUT2D eigenvalue weighted by Gasteiger charge is -2.36. The molecule has 1 amide bonds. The van der Waals surface area contributed by atoms with Gasteiger partial charge in [-0.2, -0.15) is 0 Å². The molecule has 18 heavy (non-hydrogen) atoms. The van der Waals surface area contributed by atoms with Crippen LogP contribution >= 0.6 is 0 Å². The molecule has 0 saturated carbocycles. The molecule has 0 aromatic heterocycles. The van der Waals surface area contributed by atoms with E-state index in [9.17, 15) is 9.18 Å². The van der Waals surface area contributed by atoms with Crippen LogP contribution in [0.1, 0.15) is 0 Å². The van der Waals surface area contributed by atoms with E-state index in [0.717, 1.165) is 0 Å². The summed E-state index contributed by atoms with van der Waals surface area (Å²) in [7, 11) is 1.54. The molecule has 1 saturated heterocycles. The van der Waals surface area contributed by atoms with Gasteiger partial charge in [-0.05, 0) is 12.1 Å². The van der Waals surface area contributed by atoms with E-state index in [0.29, 0.717) is 18.8 Å². The number of nitrogens with one attached hydrogen (secondary N) is 1. The van der Waals surface area contributed by atoms with Gasteiger partial charge in [-0.1, -0.05) is 6.07 Å². The molecule has 1 aromatic carbocycles. The summed E-state index contributed by atoms with van der Waals surface area (Å²) >= 11 is 0. The van der Waals surface area contributed by atoms with Gasteiger partial charge in [-0.15, -0.1) is 0 Å². The highest BCUT2D eigenvalue weighted by atomic mass is 19.1. The molecule has 1 aliphatic rings. The minimum atomic E-state index is -0.553. The fourth-order valence-electron chi connectivity index (χ4n) is 2.09. The van der Waals surface area contributed by atoms with Gasteiger partial charge in [-0.3, -0.25) is 4.79 Å². The van der Waals surface area contributed by atoms with Gasteiger partial charge in [0.15, 0.2) is 0 Å². The van der Waals surface area contributed by atoms with Crippen molar-refractivity contribution in [1.29, 1.82) is 0 Å². The molecular weight excluding hydrogens is 237 g/mol. The Bertz CT molecular complexity index is 433. The number of nitrogen functional groups attached to an aromatic ring is 1. The number of morpholine rings is 1. The maximum Gasteiger partial charge on any atom is 0.244 e. The lowest BCUT2D eigenvalue weighted by atomic mass is 10.1. The summed E-state index contributed by atoms with van der Waals surface area (Å²) in [4.78, 5) is 13.4. The van der Waals surface area contributed by atoms with E-state index in [4.69, 9.17) is 10.5 Å². The van der Waals surface area contributed by atoms with Crippen LogP contribution in [0.4, 0.5) is 15.8 Å². The Morgan fingerprint density at radius 3 is 3.06 bits per heavy atom. The summed E-state index contributed by atoms with van der Waals surface area (Å²) in [6.45, 7) is 1.11. The number of nitrogens with zero attached hydrogens (tertiary/aromatic N) is 1. The van der Waals surface area contributed by atoms with E-state index in [1.165, 1.54) is 6.07 Å². The Kier molecular flexibility index (Phi) is 3.66. The van der Waals surface area contributed by atoms with E-state index in [1.807, 2.05) is 0 Å². The SMILES string of the molecule is CNC(=O)C1COCCN1c1c(N)cccc1F. The number of hydrogen-bond donors (Lipinski definition) is 2. The molecule has 5 nitrogen and oxygen atoms in total. The zero-order chi connectivity index (χ0) is 13.1. The number of rotatable bonds is 2. The van der Waals surface area contributed by atoms with Gasteiger partial charge in [0.05, 0.1) is 24.6 Å². The molecule has 6 heteroatoms. The number of nitrogens with two attached hydrogens (primary N) is 1. The summed E-state index contributed by atoms with van der Waals surface area (Å²) < 4.78 is 19.2. The lowest BCUT2D eigenvalue weighted by Crippen LogP contribution is -2.53. The van der Waals surface area contributed by atoms with Crippen molar-refractivity contribution in [1.82, 2.24) is 5.32 Å². The van der Waals surface area contributed by atoms with Gasteiger partial charge in [0.25, 0.3) is 0 Å². The van der Waals surface area contributed by atoms with Crippen molar-refractivity contribution >= 4 is 17.3 Å². The second kappa shape index (κ2) is 5.22. The molecule has 1 aliphatic heterocycles. The Balaban J connectivity index is 2.37. The first-order valence-electron chi connectivity index (χ1n) is 5.75. The first-order chi connectivity index (χ1) is 8.65. The predicted octanol–water partition coefficient (Wildman–Crippen LogP) is 0.359. The summed E-state index contributed by atoms with van der Waals surface area (Å²) in [5.74, 6) is -0.636. The molecular formula is C12H16FN3O2. The second-order valence-corrected chi connectivity index (χ2v) is 4.08. The van der Waals surface area contributed by atoms with E-state index >= 15 is 0 Å². The third-order valence-electron chi connectivity index (χ3n) is 2.98. The number of carbonyl (C=O) groups is 1. The molecule has 0 bridgehead atoms. The number of benzene rings is 1. The van der Waals surface area contributed by atoms with Gasteiger partial charge in [0.1, 0.15) is 11.9 Å². The molecule has 0 aliphatic carbocycles. The molecule has 1 fully saturated rings. The van der Waals surface area contributed by atoms with Crippen LogP contribution in [0.5, 0.6) is 0 Å². The van der Waals surface area contributed by atoms with Gasteiger partial charge in [0.2, 0.25) is 5.91 Å². The molecule has 1 heterocycles. The number of carbonyl (C=O) groups excluding carboxylic acids is 1. The molecule has 0 spiro atoms. The average Bonchev–Trinajstić information content (AvgIpc) is 2.38. The monoisotopic (exact) mass is 253 g/mol. The highest BCUT2D eigenvalue weighted by molar-refractivity contribution is 5.87. The van der Waals surface area contributed by atoms with Crippen LogP contribution in [-0.4, -0.2) is 38.8 Å². The number of ether oxygens (including phenoxy) is 1. The van der Waals surface area contributed by atoms with Crippen LogP contribution in [0, 0.1) is 5.82 Å². The second-order valence-electron chi connectivity index (χ2n) is 4.08. The first-order valence-corrected chi connectivity index (χ1v) is 5.75. The topological polar surface area (TPSA) is 67.6 Å². The number of likely N-dealkylation sites (N-methyl/N-ethyl adjacent to an activating group) is 1. The zero-order valence-corrected chi connectivity index (χ0v) is 10.1. The summed E-state index contributed by atoms with van der Waals surface area (Å²) in [5, 5.41) is 2.55. The van der Waals surface area contributed by atoms with Crippen molar-refractivity contribution in [3.05, 3.63) is 24.0 Å². The van der Waals surface area contributed by atoms with Gasteiger partial charge in [0, 0.05) is 13.6 Å². The van der Waals surface area contributed by atoms with Crippen LogP contribution < -0.4 is 16.0 Å². The van der Waals surface area contributed by atoms with Crippen molar-refractivity contribution in [2.75, 3.05) is 37.4 Å². The third-order valence-corrected chi connectivity index (χ3v) is 2.98. The normalized spacial score (nSPS) is 19.7. The van der Waals surface area contributed by atoms with E-state index in [-0.39, 0.29) is 18.2 Å². The van der Waals surface area contributed by atoms with Crippen molar-refractivity contribution < 1.29 is 13.9 Å². The number of para-hydroxylation sites is 1. The minimum absolute atomic E-state index is 0.211. The van der Waals surface area contributed by atoms with Crippen LogP contribution in [0.3, 0.4) is 0 Å². The van der Waals surface area contributed by atoms with Gasteiger partial charge in [-0.25, -0.2) is 4.39 Å². The number of hydrogen-bond acceptors (Lipinski definition) is 4. The Labute approximate surface area is 105 Å². The number of amides is 1. The minimum Gasteiger partial charge on any atom is -0.397 e. The van der Waals surface area contributed by atoms with Crippen molar-refractivity contribution in [3.63, 3.8) is 0 Å². The quantitative estimate of drug-likeness (QED) is 0.747. The zero-order valence-electron chi connectivity index (χ0n) is 10.1. The molecule has 2 rings (SSSR count). The maximum atomic E-state index is 13.9. The highest BCUT2D eigenvalue weighted by Gasteiger charge is 2.31. The van der Waals surface area contributed by atoms with E-state index in [2.05, 4.69) is 5.32 Å². The number of halogens is 1. The van der Waals surface area contributed by atoms with Crippen LogP contribution in [0.25, 0.3) is 0 Å². The smallest absolute Gasteiger partial charge is 0.244 e. The molecule has 1 aromatic rings. The lowest BCUT2D eigenvalue weighted by molar-refractivity contribution is -0.124. The fourth-order valence-corrected chi connectivity index (χ4v) is 2.09. The number of anilines is 2. The molecule has 98 valence electrons. The van der Waals surface area contributed by atoms with Crippen LogP contribution in [0.15, 0.2) is 18.2 Å². The summed E-state index contributed by atoms with van der Waals surface area (Å²) in [6, 6.07) is 3.95. The van der Waals surface area contributed by atoms with Crippen molar-refractivity contribution in [2.24, 2.45) is 0 Å². The Hall–Kier alpha value is -1.82.